The third-order valence-corrected chi connectivity index (χ3v) is 11.9. The predicted molar refractivity (Wildman–Crippen MR) is 208 cm³/mol. The molecule has 20 heteroatoms. The number of nitrogens with zero attached hydrogens (tertiary/aromatic N) is 9. The largest absolute Gasteiger partial charge is 0.424 e. The van der Waals surface area contributed by atoms with Crippen molar-refractivity contribution < 1.29 is 35.8 Å². The number of rotatable bonds is 11. The number of halogens is 9. The lowest BCUT2D eigenvalue weighted by atomic mass is 9.81. The molecule has 314 valence electrons. The lowest BCUT2D eigenvalue weighted by Crippen LogP contribution is -2.43. The van der Waals surface area contributed by atoms with E-state index in [1.54, 1.807) is 11.0 Å². The van der Waals surface area contributed by atoms with Crippen LogP contribution in [0.5, 0.6) is 23.5 Å². The van der Waals surface area contributed by atoms with Crippen LogP contribution in [0, 0.1) is 48.1 Å². The van der Waals surface area contributed by atoms with Crippen molar-refractivity contribution in [2.45, 2.75) is 76.8 Å². The van der Waals surface area contributed by atoms with Gasteiger partial charge in [0.05, 0.1) is 0 Å². The molecule has 5 aromatic rings. The topological polar surface area (TPSA) is 109 Å². The minimum absolute atomic E-state index is 0.0868. The number of hydrogen-bond donors (Lipinski definition) is 0. The maximum atomic E-state index is 13.9. The average molecular weight is 930 g/mol. The maximum absolute atomic E-state index is 13.9. The number of hydrogen-bond acceptors (Lipinski definition) is 9. The molecule has 11 nitrogen and oxygen atoms in total. The van der Waals surface area contributed by atoms with Gasteiger partial charge in [0, 0.05) is 92.2 Å². The lowest BCUT2D eigenvalue weighted by molar-refractivity contribution is -0.115. The van der Waals surface area contributed by atoms with Gasteiger partial charge in [-0.2, -0.15) is 15.1 Å². The summed E-state index contributed by atoms with van der Waals surface area (Å²) in [5, 5.41) is 9.10. The molecule has 2 bridgehead atoms. The quantitative estimate of drug-likeness (QED) is 0.120. The van der Waals surface area contributed by atoms with Crippen LogP contribution in [0.15, 0.2) is 53.5 Å². The molecule has 0 N–H and O–H groups in total. The van der Waals surface area contributed by atoms with Gasteiger partial charge in [0.15, 0.2) is 5.82 Å². The second kappa shape index (κ2) is 16.7. The summed E-state index contributed by atoms with van der Waals surface area (Å²) in [6, 6.07) is 9.90. The van der Waals surface area contributed by atoms with E-state index in [1.807, 2.05) is 13.0 Å². The van der Waals surface area contributed by atoms with E-state index < -0.39 is 23.5 Å². The fraction of sp³-hybridized carbons (Fsp3) is 0.487. The Bertz CT molecular complexity index is 2250. The SMILES string of the molecule is Cc1cc(N2C[C@H]3CC[C@@H](C2)C3Cc2nc(Oc3cc(F)cc(Cl)c3)n(CC3CC(F)(F)C3)n2)ncn1.Fc1cc(Cl)cc(Oc2nc(Br)nn2CC2CC(F)(F)C2)c1. The molecule has 3 atom stereocenters. The Balaban J connectivity index is 0.000000188. The van der Waals surface area contributed by atoms with E-state index in [9.17, 15) is 26.3 Å². The number of aryl methyl sites for hydroxylation is 1. The summed E-state index contributed by atoms with van der Waals surface area (Å²) in [5.41, 5.74) is 0.950. The molecule has 3 aromatic heterocycles. The van der Waals surface area contributed by atoms with Crippen LogP contribution in [0.3, 0.4) is 0 Å². The minimum atomic E-state index is -2.62. The number of fused-ring (bicyclic) bond motifs is 2. The number of anilines is 1. The zero-order valence-corrected chi connectivity index (χ0v) is 34.6. The minimum Gasteiger partial charge on any atom is -0.424 e. The van der Waals surface area contributed by atoms with Crippen LogP contribution in [0.2, 0.25) is 10.0 Å². The molecule has 0 radical (unpaired) electrons. The summed E-state index contributed by atoms with van der Waals surface area (Å²) in [4.78, 5) is 19.7. The fourth-order valence-corrected chi connectivity index (χ4v) is 9.30. The van der Waals surface area contributed by atoms with Crippen LogP contribution in [-0.4, -0.2) is 64.4 Å². The Labute approximate surface area is 353 Å². The van der Waals surface area contributed by atoms with E-state index in [1.165, 1.54) is 28.9 Å². The van der Waals surface area contributed by atoms with Gasteiger partial charge in [0.25, 0.3) is 0 Å². The molecule has 3 aliphatic carbocycles. The third kappa shape index (κ3) is 10.2. The Kier molecular flexibility index (Phi) is 11.8. The van der Waals surface area contributed by atoms with E-state index in [-0.39, 0.29) is 88.9 Å². The number of ether oxygens (including phenoxy) is 2. The Morgan fingerprint density at radius 1 is 0.729 bits per heavy atom. The molecule has 4 aliphatic rings. The molecule has 4 heterocycles. The third-order valence-electron chi connectivity index (χ3n) is 11.2. The van der Waals surface area contributed by atoms with Crippen molar-refractivity contribution in [2.24, 2.45) is 29.6 Å². The highest BCUT2D eigenvalue weighted by Crippen LogP contribution is 2.46. The number of benzene rings is 2. The second-order valence-electron chi connectivity index (χ2n) is 15.9. The Morgan fingerprint density at radius 3 is 1.76 bits per heavy atom. The summed E-state index contributed by atoms with van der Waals surface area (Å²) in [6.45, 7) is 4.34. The lowest BCUT2D eigenvalue weighted by Gasteiger charge is -2.38. The van der Waals surface area contributed by atoms with Gasteiger partial charge in [-0.25, -0.2) is 45.7 Å². The maximum Gasteiger partial charge on any atom is 0.321 e. The highest BCUT2D eigenvalue weighted by Gasteiger charge is 2.47. The average Bonchev–Trinajstić information content (AvgIpc) is 3.72. The van der Waals surface area contributed by atoms with E-state index in [2.05, 4.69) is 51.0 Å². The first-order chi connectivity index (χ1) is 28.0. The van der Waals surface area contributed by atoms with Crippen LogP contribution < -0.4 is 14.4 Å². The van der Waals surface area contributed by atoms with Crippen LogP contribution in [0.1, 0.15) is 50.0 Å². The first kappa shape index (κ1) is 41.6. The van der Waals surface area contributed by atoms with Gasteiger partial charge in [0.1, 0.15) is 35.3 Å². The van der Waals surface area contributed by atoms with E-state index in [0.29, 0.717) is 30.0 Å². The molecule has 3 saturated carbocycles. The monoisotopic (exact) mass is 927 g/mol. The first-order valence-electron chi connectivity index (χ1n) is 19.1. The van der Waals surface area contributed by atoms with Crippen LogP contribution >= 0.6 is 39.1 Å². The molecule has 1 saturated heterocycles. The number of alkyl halides is 4. The summed E-state index contributed by atoms with van der Waals surface area (Å²) in [6.07, 6.45) is 3.83. The molecule has 4 fully saturated rings. The van der Waals surface area contributed by atoms with Gasteiger partial charge >= 0.3 is 12.0 Å². The molecular formula is C39H38BrCl2F6N9O2. The number of piperidine rings is 1. The van der Waals surface area contributed by atoms with Crippen molar-refractivity contribution in [2.75, 3.05) is 18.0 Å². The van der Waals surface area contributed by atoms with Gasteiger partial charge in [-0.05, 0) is 89.6 Å². The van der Waals surface area contributed by atoms with E-state index in [0.717, 1.165) is 49.6 Å². The summed E-state index contributed by atoms with van der Waals surface area (Å²) in [7, 11) is 0. The van der Waals surface area contributed by atoms with Crippen molar-refractivity contribution >= 4 is 44.9 Å². The molecule has 2 aromatic carbocycles. The Hall–Kier alpha value is -4.16. The normalized spacial score (nSPS) is 22.0. The summed E-state index contributed by atoms with van der Waals surface area (Å²) < 4.78 is 94.4. The molecule has 59 heavy (non-hydrogen) atoms. The number of aromatic nitrogens is 8. The van der Waals surface area contributed by atoms with Crippen molar-refractivity contribution in [3.05, 3.63) is 86.7 Å². The van der Waals surface area contributed by atoms with Crippen molar-refractivity contribution in [1.82, 2.24) is 39.5 Å². The Morgan fingerprint density at radius 2 is 1.25 bits per heavy atom. The fourth-order valence-electron chi connectivity index (χ4n) is 8.53. The van der Waals surface area contributed by atoms with Crippen molar-refractivity contribution in [3.8, 4) is 23.5 Å². The second-order valence-corrected chi connectivity index (χ2v) is 17.5. The van der Waals surface area contributed by atoms with Crippen LogP contribution in [0.4, 0.5) is 32.2 Å². The van der Waals surface area contributed by atoms with Gasteiger partial charge in [-0.15, -0.1) is 5.10 Å². The van der Waals surface area contributed by atoms with E-state index >= 15 is 0 Å². The van der Waals surface area contributed by atoms with Crippen molar-refractivity contribution in [3.63, 3.8) is 0 Å². The van der Waals surface area contributed by atoms with Gasteiger partial charge in [0.2, 0.25) is 16.6 Å². The molecule has 0 spiro atoms. The highest BCUT2D eigenvalue weighted by molar-refractivity contribution is 9.10. The predicted octanol–water partition coefficient (Wildman–Crippen LogP) is 10.4. The molecule has 1 unspecified atom stereocenters. The van der Waals surface area contributed by atoms with Crippen molar-refractivity contribution in [1.29, 1.82) is 0 Å². The van der Waals surface area contributed by atoms with Crippen LogP contribution in [0.25, 0.3) is 0 Å². The molecule has 9 rings (SSSR count). The van der Waals surface area contributed by atoms with Crippen LogP contribution in [-0.2, 0) is 19.5 Å². The van der Waals surface area contributed by atoms with Gasteiger partial charge in [-0.1, -0.05) is 23.2 Å². The zero-order valence-electron chi connectivity index (χ0n) is 31.5. The summed E-state index contributed by atoms with van der Waals surface area (Å²) >= 11 is 14.8. The highest BCUT2D eigenvalue weighted by atomic mass is 79.9. The van der Waals surface area contributed by atoms with Gasteiger partial charge < -0.3 is 14.4 Å². The van der Waals surface area contributed by atoms with E-state index in [4.69, 9.17) is 32.7 Å². The molecule has 0 amide bonds. The standard InChI is InChI=1S/C26H28ClF3N6O.C13H10BrClF3N3O/c1-15-4-24(32-14-31-15)35-12-17-2-3-18(13-35)22(17)8-23-33-25(37-21-6-19(27)5-20(28)7-21)36(34-23)11-16-9-26(29,30)10-16;14-11-19-12(22-10-2-8(15)1-9(16)3-10)21(20-11)6-7-4-13(17,18)5-7/h4-7,14,16-18,22H,2-3,8-13H2,1H3;1-3,7H,4-6H2/t17-,18+,22?;. The summed E-state index contributed by atoms with van der Waals surface area (Å²) in [5.74, 6) is -3.39. The smallest absolute Gasteiger partial charge is 0.321 e. The van der Waals surface area contributed by atoms with Gasteiger partial charge in [-0.3, -0.25) is 0 Å². The zero-order chi connectivity index (χ0) is 41.6. The molecule has 1 aliphatic heterocycles. The first-order valence-corrected chi connectivity index (χ1v) is 20.7. The molecular weight excluding hydrogens is 891 g/mol.